The van der Waals surface area contributed by atoms with Crippen molar-refractivity contribution < 1.29 is 32.5 Å². The van der Waals surface area contributed by atoms with Gasteiger partial charge in [0.2, 0.25) is 5.91 Å². The Morgan fingerprint density at radius 1 is 1.18 bits per heavy atom. The summed E-state index contributed by atoms with van der Waals surface area (Å²) in [6.07, 6.45) is 5.82. The summed E-state index contributed by atoms with van der Waals surface area (Å²) < 4.78 is 52.7. The molecule has 2 aromatic rings. The number of nitrogens with zero attached hydrogens (tertiary/aromatic N) is 2. The van der Waals surface area contributed by atoms with Crippen molar-refractivity contribution in [3.8, 4) is 11.5 Å². The fourth-order valence-electron chi connectivity index (χ4n) is 8.98. The maximum absolute atomic E-state index is 14.0. The topological polar surface area (TPSA) is 62.2 Å². The molecule has 1 N–H and O–H groups in total. The van der Waals surface area contributed by atoms with Crippen LogP contribution in [0, 0.1) is 5.92 Å². The number of likely N-dealkylation sites (tertiary alicyclic amines) is 1. The molecule has 45 heavy (non-hydrogen) atoms. The fraction of sp³-hybridized carbons (Fsp3) is 0.583. The first kappa shape index (κ1) is 30.6. The molecule has 0 aromatic heterocycles. The largest absolute Gasteiger partial charge is 0.493 e. The molecular formula is C36H43F3N2O4. The number of halogens is 3. The molecule has 3 aliphatic carbocycles. The lowest BCUT2D eigenvalue weighted by molar-refractivity contribution is -0.201. The standard InChI is InChI=1S/C36H43F3N2O4/c1-3-4-5-18-41(30(42)14-11-23-7-6-8-26(20-23)36(37,38)39)27-15-16-35(43)29-21-25-12-13-28(44-2)32-31(25)34(35,33(27)45-32)17-19-40(29)22-24-9-10-24/h6-8,11-14,20,24,27,29,33,43H,3-5,9-10,15-19,21-22H2,1-2H3/b14-11+/t27?,29-,33?,34+,35-/m1/s1. The molecular weight excluding hydrogens is 581 g/mol. The SMILES string of the molecule is CCCCCN(C(=O)/C=C/c1cccc(C(F)(F)F)c1)C1CC[C@@]2(O)[C@H]3Cc4ccc(OC)c5c4[C@@]2(CCN3CC2CC2)C1O5. The van der Waals surface area contributed by atoms with Gasteiger partial charge in [0.05, 0.1) is 29.7 Å². The normalized spacial score (nSPS) is 30.2. The van der Waals surface area contributed by atoms with E-state index in [1.807, 2.05) is 11.0 Å². The van der Waals surface area contributed by atoms with Gasteiger partial charge in [0.15, 0.2) is 11.5 Å². The van der Waals surface area contributed by atoms with Gasteiger partial charge in [0.1, 0.15) is 6.10 Å². The number of methoxy groups -OCH3 is 1. The third-order valence-electron chi connectivity index (χ3n) is 11.3. The second kappa shape index (κ2) is 11.3. The molecule has 0 radical (unpaired) electrons. The predicted octanol–water partition coefficient (Wildman–Crippen LogP) is 6.38. The van der Waals surface area contributed by atoms with Gasteiger partial charge in [0.25, 0.3) is 0 Å². The van der Waals surface area contributed by atoms with Gasteiger partial charge < -0.3 is 19.5 Å². The Kier molecular flexibility index (Phi) is 7.71. The lowest BCUT2D eigenvalue weighted by Crippen LogP contribution is -2.78. The van der Waals surface area contributed by atoms with Gasteiger partial charge in [-0.05, 0) is 92.8 Å². The number of ether oxygens (including phenoxy) is 2. The molecule has 9 heteroatoms. The van der Waals surface area contributed by atoms with E-state index >= 15 is 0 Å². The molecule has 1 saturated heterocycles. The van der Waals surface area contributed by atoms with Crippen LogP contribution in [0.15, 0.2) is 42.5 Å². The van der Waals surface area contributed by atoms with Gasteiger partial charge in [-0.3, -0.25) is 9.69 Å². The van der Waals surface area contributed by atoms with Crippen LogP contribution in [0.1, 0.15) is 80.5 Å². The minimum absolute atomic E-state index is 0.0178. The van der Waals surface area contributed by atoms with Crippen molar-refractivity contribution >= 4 is 12.0 Å². The van der Waals surface area contributed by atoms with Crippen LogP contribution in [0.25, 0.3) is 6.08 Å². The average Bonchev–Trinajstić information content (AvgIpc) is 3.77. The summed E-state index contributed by atoms with van der Waals surface area (Å²) in [5, 5.41) is 12.9. The molecule has 5 aliphatic rings. The number of hydrogen-bond acceptors (Lipinski definition) is 5. The third kappa shape index (κ3) is 4.96. The van der Waals surface area contributed by atoms with Gasteiger partial charge in [-0.1, -0.05) is 38.0 Å². The van der Waals surface area contributed by atoms with Gasteiger partial charge in [-0.15, -0.1) is 0 Å². The highest BCUT2D eigenvalue weighted by Crippen LogP contribution is 2.66. The molecule has 242 valence electrons. The summed E-state index contributed by atoms with van der Waals surface area (Å²) in [4.78, 5) is 18.4. The van der Waals surface area contributed by atoms with Gasteiger partial charge in [0, 0.05) is 30.8 Å². The van der Waals surface area contributed by atoms with Crippen molar-refractivity contribution in [2.45, 2.75) is 100 Å². The van der Waals surface area contributed by atoms with Crippen molar-refractivity contribution in [1.29, 1.82) is 0 Å². The van der Waals surface area contributed by atoms with Crippen molar-refractivity contribution in [1.82, 2.24) is 9.80 Å². The highest BCUT2D eigenvalue weighted by molar-refractivity contribution is 5.92. The fourth-order valence-corrected chi connectivity index (χ4v) is 8.98. The van der Waals surface area contributed by atoms with Gasteiger partial charge >= 0.3 is 6.18 Å². The summed E-state index contributed by atoms with van der Waals surface area (Å²) in [5.74, 6) is 1.80. The zero-order valence-electron chi connectivity index (χ0n) is 26.1. The van der Waals surface area contributed by atoms with E-state index in [-0.39, 0.29) is 18.0 Å². The number of rotatable bonds is 10. The Bertz CT molecular complexity index is 1490. The van der Waals surface area contributed by atoms with E-state index in [1.54, 1.807) is 13.2 Å². The Balaban J connectivity index is 1.25. The number of unbranched alkanes of at least 4 members (excludes halogenated alkanes) is 2. The van der Waals surface area contributed by atoms with E-state index in [9.17, 15) is 23.1 Å². The number of carbonyl (C=O) groups is 1. The van der Waals surface area contributed by atoms with Gasteiger partial charge in [-0.25, -0.2) is 0 Å². The molecule has 2 aromatic carbocycles. The minimum atomic E-state index is -4.46. The third-order valence-corrected chi connectivity index (χ3v) is 11.3. The molecule has 3 fully saturated rings. The number of hydrogen-bond donors (Lipinski definition) is 1. The number of benzene rings is 2. The number of amides is 1. The molecule has 6 nitrogen and oxygen atoms in total. The first-order valence-electron chi connectivity index (χ1n) is 16.6. The van der Waals surface area contributed by atoms with E-state index < -0.39 is 28.9 Å². The molecule has 2 unspecified atom stereocenters. The lowest BCUT2D eigenvalue weighted by atomic mass is 9.48. The smallest absolute Gasteiger partial charge is 0.416 e. The molecule has 2 heterocycles. The van der Waals surface area contributed by atoms with Crippen LogP contribution >= 0.6 is 0 Å². The monoisotopic (exact) mass is 624 g/mol. The highest BCUT2D eigenvalue weighted by atomic mass is 19.4. The molecule has 2 saturated carbocycles. The van der Waals surface area contributed by atoms with Crippen molar-refractivity contribution in [2.24, 2.45) is 5.92 Å². The lowest BCUT2D eigenvalue weighted by Gasteiger charge is -2.65. The summed E-state index contributed by atoms with van der Waals surface area (Å²) in [6.45, 7) is 4.50. The first-order valence-corrected chi connectivity index (χ1v) is 16.6. The van der Waals surface area contributed by atoms with Crippen LogP contribution in [0.3, 0.4) is 0 Å². The van der Waals surface area contributed by atoms with Crippen LogP contribution in [0.2, 0.25) is 0 Å². The minimum Gasteiger partial charge on any atom is -0.493 e. The quantitative estimate of drug-likeness (QED) is 0.246. The molecule has 2 bridgehead atoms. The molecule has 7 rings (SSSR count). The maximum atomic E-state index is 14.0. The van der Waals surface area contributed by atoms with E-state index in [0.29, 0.717) is 42.4 Å². The van der Waals surface area contributed by atoms with E-state index in [1.165, 1.54) is 36.6 Å². The zero-order chi connectivity index (χ0) is 31.6. The van der Waals surface area contributed by atoms with Crippen molar-refractivity contribution in [3.05, 3.63) is 64.7 Å². The second-order valence-electron chi connectivity index (χ2n) is 13.8. The second-order valence-corrected chi connectivity index (χ2v) is 13.8. The summed E-state index contributed by atoms with van der Waals surface area (Å²) >= 11 is 0. The van der Waals surface area contributed by atoms with Crippen LogP contribution in [-0.2, 0) is 22.8 Å². The van der Waals surface area contributed by atoms with Crippen LogP contribution in [0.5, 0.6) is 11.5 Å². The summed E-state index contributed by atoms with van der Waals surface area (Å²) in [5.41, 5.74) is 0.147. The Morgan fingerprint density at radius 2 is 2.00 bits per heavy atom. The van der Waals surface area contributed by atoms with E-state index in [2.05, 4.69) is 17.9 Å². The zero-order valence-corrected chi connectivity index (χ0v) is 26.1. The van der Waals surface area contributed by atoms with E-state index in [0.717, 1.165) is 62.9 Å². The predicted molar refractivity (Wildman–Crippen MR) is 165 cm³/mol. The molecule has 2 aliphatic heterocycles. The molecule has 1 spiro atoms. The Hall–Kier alpha value is -3.04. The average molecular weight is 625 g/mol. The number of piperidine rings is 1. The Labute approximate surface area is 263 Å². The van der Waals surface area contributed by atoms with E-state index in [4.69, 9.17) is 9.47 Å². The van der Waals surface area contributed by atoms with Crippen LogP contribution < -0.4 is 9.47 Å². The molecule has 5 atom stereocenters. The number of carbonyl (C=O) groups excluding carboxylic acids is 1. The number of alkyl halides is 3. The summed E-state index contributed by atoms with van der Waals surface area (Å²) in [7, 11) is 1.63. The maximum Gasteiger partial charge on any atom is 0.416 e. The van der Waals surface area contributed by atoms with Gasteiger partial charge in [-0.2, -0.15) is 13.2 Å². The van der Waals surface area contributed by atoms with Crippen molar-refractivity contribution in [2.75, 3.05) is 26.7 Å². The Morgan fingerprint density at radius 3 is 2.73 bits per heavy atom. The summed E-state index contributed by atoms with van der Waals surface area (Å²) in [6, 6.07) is 8.79. The van der Waals surface area contributed by atoms with Crippen molar-refractivity contribution in [3.63, 3.8) is 0 Å². The first-order chi connectivity index (χ1) is 21.6. The highest BCUT2D eigenvalue weighted by Gasteiger charge is 2.73. The van der Waals surface area contributed by atoms with Crippen LogP contribution in [0.4, 0.5) is 13.2 Å². The van der Waals surface area contributed by atoms with Crippen LogP contribution in [-0.4, -0.2) is 71.3 Å². The molecule has 1 amide bonds. The number of aliphatic hydroxyl groups is 1.